The predicted molar refractivity (Wildman–Crippen MR) is 57.8 cm³/mol. The molecule has 0 aliphatic rings. The predicted octanol–water partition coefficient (Wildman–Crippen LogP) is 2.12. The van der Waals surface area contributed by atoms with Crippen LogP contribution < -0.4 is 0 Å². The monoisotopic (exact) mass is 187 g/mol. The molecule has 0 aromatic heterocycles. The summed E-state index contributed by atoms with van der Waals surface area (Å²) in [4.78, 5) is 2.24. The van der Waals surface area contributed by atoms with Gasteiger partial charge in [-0.15, -0.1) is 0 Å². The van der Waals surface area contributed by atoms with Crippen molar-refractivity contribution in [3.63, 3.8) is 0 Å². The summed E-state index contributed by atoms with van der Waals surface area (Å²) in [6.07, 6.45) is 1.82. The Labute approximate surface area is 82.9 Å². The van der Waals surface area contributed by atoms with Crippen LogP contribution >= 0.6 is 0 Å². The lowest BCUT2D eigenvalue weighted by molar-refractivity contribution is 0.0889. The fourth-order valence-electron chi connectivity index (χ4n) is 1.43. The highest BCUT2D eigenvalue weighted by Crippen LogP contribution is 2.09. The summed E-state index contributed by atoms with van der Waals surface area (Å²) in [7, 11) is 2.09. The van der Waals surface area contributed by atoms with Gasteiger partial charge in [0.05, 0.1) is 6.10 Å². The number of nitrogens with zero attached hydrogens (tertiary/aromatic N) is 1. The third-order valence-corrected chi connectivity index (χ3v) is 2.78. The fraction of sp³-hybridized carbons (Fsp3) is 1.00. The second-order valence-corrected chi connectivity index (χ2v) is 4.37. The van der Waals surface area contributed by atoms with Gasteiger partial charge in [0.1, 0.15) is 0 Å². The lowest BCUT2D eigenvalue weighted by atomic mass is 10.0. The van der Waals surface area contributed by atoms with Gasteiger partial charge in [0.2, 0.25) is 0 Å². The summed E-state index contributed by atoms with van der Waals surface area (Å²) < 4.78 is 0. The Morgan fingerprint density at radius 2 is 1.77 bits per heavy atom. The van der Waals surface area contributed by atoms with Crippen molar-refractivity contribution in [2.45, 2.75) is 52.7 Å². The van der Waals surface area contributed by atoms with Crippen molar-refractivity contribution in [2.24, 2.45) is 5.92 Å². The highest BCUT2D eigenvalue weighted by molar-refractivity contribution is 4.69. The van der Waals surface area contributed by atoms with Crippen LogP contribution in [-0.2, 0) is 0 Å². The molecule has 80 valence electrons. The standard InChI is InChI=1S/C11H25NO/c1-6-7-11(13)8-12(5)10(4)9(2)3/h9-11,13H,6-8H2,1-5H3. The maximum Gasteiger partial charge on any atom is 0.0667 e. The van der Waals surface area contributed by atoms with Crippen molar-refractivity contribution in [3.05, 3.63) is 0 Å². The van der Waals surface area contributed by atoms with Gasteiger partial charge in [0.25, 0.3) is 0 Å². The minimum absolute atomic E-state index is 0.156. The molecule has 0 bridgehead atoms. The lowest BCUT2D eigenvalue weighted by Gasteiger charge is -2.29. The van der Waals surface area contributed by atoms with E-state index in [-0.39, 0.29) is 6.10 Å². The molecular formula is C11H25NO. The van der Waals surface area contributed by atoms with E-state index < -0.39 is 0 Å². The molecule has 0 radical (unpaired) electrons. The van der Waals surface area contributed by atoms with Crippen LogP contribution in [0.4, 0.5) is 0 Å². The van der Waals surface area contributed by atoms with Crippen molar-refractivity contribution in [2.75, 3.05) is 13.6 Å². The molecule has 0 aromatic carbocycles. The second-order valence-electron chi connectivity index (χ2n) is 4.37. The molecule has 2 nitrogen and oxygen atoms in total. The number of hydrogen-bond acceptors (Lipinski definition) is 2. The molecule has 2 unspecified atom stereocenters. The van der Waals surface area contributed by atoms with Crippen LogP contribution in [0.2, 0.25) is 0 Å². The number of hydrogen-bond donors (Lipinski definition) is 1. The Balaban J connectivity index is 3.77. The molecular weight excluding hydrogens is 162 g/mol. The second kappa shape index (κ2) is 6.39. The largest absolute Gasteiger partial charge is 0.392 e. The van der Waals surface area contributed by atoms with E-state index in [1.165, 1.54) is 0 Å². The third kappa shape index (κ3) is 5.27. The van der Waals surface area contributed by atoms with Crippen molar-refractivity contribution in [1.82, 2.24) is 4.90 Å². The molecule has 0 fully saturated rings. The summed E-state index contributed by atoms with van der Waals surface area (Å²) in [5.74, 6) is 0.652. The van der Waals surface area contributed by atoms with E-state index in [9.17, 15) is 5.11 Å². The highest BCUT2D eigenvalue weighted by atomic mass is 16.3. The van der Waals surface area contributed by atoms with Gasteiger partial charge in [-0.05, 0) is 26.3 Å². The van der Waals surface area contributed by atoms with Crippen LogP contribution in [0.15, 0.2) is 0 Å². The van der Waals surface area contributed by atoms with Crippen molar-refractivity contribution >= 4 is 0 Å². The minimum atomic E-state index is -0.156. The average molecular weight is 187 g/mol. The first kappa shape index (κ1) is 12.9. The molecule has 0 aromatic rings. The topological polar surface area (TPSA) is 23.5 Å². The highest BCUT2D eigenvalue weighted by Gasteiger charge is 2.15. The Morgan fingerprint density at radius 1 is 1.23 bits per heavy atom. The van der Waals surface area contributed by atoms with E-state index in [2.05, 4.69) is 39.6 Å². The Kier molecular flexibility index (Phi) is 6.35. The summed E-state index contributed by atoms with van der Waals surface area (Å²) in [6, 6.07) is 0.548. The molecule has 13 heavy (non-hydrogen) atoms. The van der Waals surface area contributed by atoms with E-state index in [1.54, 1.807) is 0 Å². The van der Waals surface area contributed by atoms with Crippen LogP contribution in [0.25, 0.3) is 0 Å². The average Bonchev–Trinajstić information content (AvgIpc) is 2.03. The fourth-order valence-corrected chi connectivity index (χ4v) is 1.43. The number of rotatable bonds is 6. The van der Waals surface area contributed by atoms with E-state index in [1.807, 2.05) is 0 Å². The van der Waals surface area contributed by atoms with E-state index in [0.29, 0.717) is 12.0 Å². The van der Waals surface area contributed by atoms with Crippen molar-refractivity contribution in [1.29, 1.82) is 0 Å². The van der Waals surface area contributed by atoms with Crippen LogP contribution in [0.5, 0.6) is 0 Å². The summed E-state index contributed by atoms with van der Waals surface area (Å²) in [5.41, 5.74) is 0. The normalized spacial score (nSPS) is 16.6. The molecule has 0 rings (SSSR count). The molecule has 0 amide bonds. The third-order valence-electron chi connectivity index (χ3n) is 2.78. The minimum Gasteiger partial charge on any atom is -0.392 e. The molecule has 0 heterocycles. The number of aliphatic hydroxyl groups excluding tert-OH is 1. The van der Waals surface area contributed by atoms with Crippen LogP contribution in [0.3, 0.4) is 0 Å². The van der Waals surface area contributed by atoms with Gasteiger partial charge >= 0.3 is 0 Å². The van der Waals surface area contributed by atoms with Gasteiger partial charge in [-0.1, -0.05) is 27.2 Å². The van der Waals surface area contributed by atoms with Gasteiger partial charge in [-0.25, -0.2) is 0 Å². The molecule has 0 aliphatic heterocycles. The van der Waals surface area contributed by atoms with E-state index in [4.69, 9.17) is 0 Å². The molecule has 0 spiro atoms. The van der Waals surface area contributed by atoms with Crippen molar-refractivity contribution < 1.29 is 5.11 Å². The van der Waals surface area contributed by atoms with Crippen LogP contribution in [0, 0.1) is 5.92 Å². The Hall–Kier alpha value is -0.0800. The zero-order valence-corrected chi connectivity index (χ0v) is 9.75. The Morgan fingerprint density at radius 3 is 2.15 bits per heavy atom. The molecule has 0 saturated carbocycles. The van der Waals surface area contributed by atoms with Gasteiger partial charge < -0.3 is 10.0 Å². The van der Waals surface area contributed by atoms with Crippen molar-refractivity contribution in [3.8, 4) is 0 Å². The van der Waals surface area contributed by atoms with Gasteiger partial charge in [-0.3, -0.25) is 0 Å². The van der Waals surface area contributed by atoms with Gasteiger partial charge in [-0.2, -0.15) is 0 Å². The Bertz CT molecular complexity index is 125. The van der Waals surface area contributed by atoms with Gasteiger partial charge in [0.15, 0.2) is 0 Å². The SMILES string of the molecule is CCCC(O)CN(C)C(C)C(C)C. The first-order valence-corrected chi connectivity index (χ1v) is 5.37. The number of likely N-dealkylation sites (N-methyl/N-ethyl adjacent to an activating group) is 1. The van der Waals surface area contributed by atoms with Gasteiger partial charge in [0, 0.05) is 12.6 Å². The summed E-state index contributed by atoms with van der Waals surface area (Å²) in [6.45, 7) is 9.55. The first-order chi connectivity index (χ1) is 5.99. The molecule has 2 atom stereocenters. The zero-order chi connectivity index (χ0) is 10.4. The zero-order valence-electron chi connectivity index (χ0n) is 9.75. The molecule has 1 N–H and O–H groups in total. The van der Waals surface area contributed by atoms with E-state index in [0.717, 1.165) is 19.4 Å². The molecule has 0 aliphatic carbocycles. The number of aliphatic hydroxyl groups is 1. The molecule has 2 heteroatoms. The lowest BCUT2D eigenvalue weighted by Crippen LogP contribution is -2.38. The summed E-state index contributed by atoms with van der Waals surface area (Å²) in [5, 5.41) is 9.61. The quantitative estimate of drug-likeness (QED) is 0.688. The van der Waals surface area contributed by atoms with Crippen LogP contribution in [-0.4, -0.2) is 35.7 Å². The van der Waals surface area contributed by atoms with E-state index >= 15 is 0 Å². The smallest absolute Gasteiger partial charge is 0.0667 e. The summed E-state index contributed by atoms with van der Waals surface area (Å²) >= 11 is 0. The molecule has 0 saturated heterocycles. The maximum absolute atomic E-state index is 9.61. The van der Waals surface area contributed by atoms with Crippen LogP contribution in [0.1, 0.15) is 40.5 Å². The maximum atomic E-state index is 9.61. The first-order valence-electron chi connectivity index (χ1n) is 5.37.